The molecule has 0 radical (unpaired) electrons. The molecule has 0 aromatic carbocycles. The van der Waals surface area contributed by atoms with Gasteiger partial charge in [-0.05, 0) is 38.1 Å². The molecule has 1 aliphatic carbocycles. The first-order valence-corrected chi connectivity index (χ1v) is 9.32. The van der Waals surface area contributed by atoms with Crippen molar-refractivity contribution in [3.8, 4) is 0 Å². The van der Waals surface area contributed by atoms with E-state index in [1.54, 1.807) is 18.4 Å². The van der Waals surface area contributed by atoms with Crippen molar-refractivity contribution in [2.24, 2.45) is 5.92 Å². The molecule has 2 atom stereocenters. The number of urea groups is 1. The predicted octanol–water partition coefficient (Wildman–Crippen LogP) is 2.00. The Balaban J connectivity index is 1.48. The fourth-order valence-electron chi connectivity index (χ4n) is 3.16. The van der Waals surface area contributed by atoms with Crippen molar-refractivity contribution in [1.29, 1.82) is 0 Å². The van der Waals surface area contributed by atoms with E-state index >= 15 is 0 Å². The fraction of sp³-hybridized carbons (Fsp3) is 0.750. The summed E-state index contributed by atoms with van der Waals surface area (Å²) in [7, 11) is 1.73. The van der Waals surface area contributed by atoms with E-state index < -0.39 is 0 Å². The summed E-state index contributed by atoms with van der Waals surface area (Å²) < 4.78 is 5.14. The highest BCUT2D eigenvalue weighted by Gasteiger charge is 2.35. The van der Waals surface area contributed by atoms with Crippen molar-refractivity contribution in [3.05, 3.63) is 16.6 Å². The molecule has 128 valence electrons. The van der Waals surface area contributed by atoms with Crippen LogP contribution in [-0.4, -0.2) is 55.3 Å². The maximum absolute atomic E-state index is 12.4. The molecule has 2 aliphatic rings. The molecular formula is C16H26N4O2S. The number of carbonyl (C=O) groups excluding carboxylic acids is 1. The molecule has 0 unspecified atom stereocenters. The van der Waals surface area contributed by atoms with E-state index in [1.165, 1.54) is 12.8 Å². The van der Waals surface area contributed by atoms with Crippen molar-refractivity contribution in [3.63, 3.8) is 0 Å². The number of carbonyl (C=O) groups is 1. The smallest absolute Gasteiger partial charge is 0.315 e. The molecule has 23 heavy (non-hydrogen) atoms. The van der Waals surface area contributed by atoms with Crippen molar-refractivity contribution in [1.82, 2.24) is 20.5 Å². The molecule has 1 aromatic heterocycles. The highest BCUT2D eigenvalue weighted by molar-refractivity contribution is 7.09. The van der Waals surface area contributed by atoms with Gasteiger partial charge in [0.05, 0.1) is 12.6 Å². The van der Waals surface area contributed by atoms with Gasteiger partial charge in [0.15, 0.2) is 0 Å². The molecule has 2 amide bonds. The van der Waals surface area contributed by atoms with E-state index in [-0.39, 0.29) is 18.1 Å². The summed E-state index contributed by atoms with van der Waals surface area (Å²) in [6.45, 7) is 3.67. The first kappa shape index (κ1) is 16.7. The molecule has 0 spiro atoms. The van der Waals surface area contributed by atoms with E-state index in [9.17, 15) is 4.79 Å². The molecule has 1 saturated heterocycles. The van der Waals surface area contributed by atoms with Gasteiger partial charge < -0.3 is 15.4 Å². The van der Waals surface area contributed by atoms with Gasteiger partial charge in [0.2, 0.25) is 0 Å². The summed E-state index contributed by atoms with van der Waals surface area (Å²) in [5.41, 5.74) is 0. The molecule has 2 N–H and O–H groups in total. The highest BCUT2D eigenvalue weighted by atomic mass is 32.1. The predicted molar refractivity (Wildman–Crippen MR) is 90.6 cm³/mol. The number of methoxy groups -OCH3 is 1. The van der Waals surface area contributed by atoms with Gasteiger partial charge in [-0.3, -0.25) is 4.90 Å². The van der Waals surface area contributed by atoms with Gasteiger partial charge in [-0.25, -0.2) is 9.78 Å². The van der Waals surface area contributed by atoms with Crippen LogP contribution in [0.15, 0.2) is 11.6 Å². The molecule has 7 heteroatoms. The summed E-state index contributed by atoms with van der Waals surface area (Å²) >= 11 is 1.62. The molecule has 2 fully saturated rings. The second-order valence-electron chi connectivity index (χ2n) is 6.44. The van der Waals surface area contributed by atoms with Gasteiger partial charge in [0, 0.05) is 37.8 Å². The Morgan fingerprint density at radius 1 is 1.52 bits per heavy atom. The zero-order valence-electron chi connectivity index (χ0n) is 13.7. The van der Waals surface area contributed by atoms with Crippen LogP contribution >= 0.6 is 11.3 Å². The van der Waals surface area contributed by atoms with Gasteiger partial charge in [-0.1, -0.05) is 0 Å². The Hall–Kier alpha value is -1.18. The minimum Gasteiger partial charge on any atom is -0.383 e. The Morgan fingerprint density at radius 3 is 3.09 bits per heavy atom. The lowest BCUT2D eigenvalue weighted by molar-refractivity contribution is 0.123. The van der Waals surface area contributed by atoms with E-state index in [0.29, 0.717) is 5.92 Å². The maximum atomic E-state index is 12.4. The van der Waals surface area contributed by atoms with E-state index in [0.717, 1.165) is 44.1 Å². The van der Waals surface area contributed by atoms with Crippen LogP contribution in [0.4, 0.5) is 4.79 Å². The number of ether oxygens (including phenoxy) is 1. The van der Waals surface area contributed by atoms with E-state index in [1.807, 2.05) is 11.6 Å². The molecular weight excluding hydrogens is 312 g/mol. The first-order valence-electron chi connectivity index (χ1n) is 8.44. The number of hydrogen-bond acceptors (Lipinski definition) is 5. The summed E-state index contributed by atoms with van der Waals surface area (Å²) in [4.78, 5) is 19.1. The van der Waals surface area contributed by atoms with Crippen molar-refractivity contribution >= 4 is 17.4 Å². The molecule has 3 rings (SSSR count). The SMILES string of the molecule is COCCN1CCC[C@H](NC(=O)N[C@H](c2nccs2)C2CC2)C1. The summed E-state index contributed by atoms with van der Waals surface area (Å²) in [5, 5.41) is 9.28. The Kier molecular flexibility index (Phi) is 5.85. The lowest BCUT2D eigenvalue weighted by Crippen LogP contribution is -2.51. The van der Waals surface area contributed by atoms with Crippen LogP contribution in [0.2, 0.25) is 0 Å². The lowest BCUT2D eigenvalue weighted by atomic mass is 10.1. The topological polar surface area (TPSA) is 66.5 Å². The second kappa shape index (κ2) is 8.08. The van der Waals surface area contributed by atoms with Gasteiger partial charge in [0.25, 0.3) is 0 Å². The number of aromatic nitrogens is 1. The standard InChI is InChI=1S/C16H26N4O2S/c1-22-9-8-20-7-2-3-13(11-20)18-16(21)19-14(12-4-5-12)15-17-6-10-23-15/h6,10,12-14H,2-5,7-9,11H2,1H3,(H2,18,19,21)/t13-,14-/m0/s1. The number of likely N-dealkylation sites (tertiary alicyclic amines) is 1. The minimum atomic E-state index is -0.0595. The quantitative estimate of drug-likeness (QED) is 0.798. The van der Waals surface area contributed by atoms with E-state index in [4.69, 9.17) is 4.74 Å². The maximum Gasteiger partial charge on any atom is 0.315 e. The van der Waals surface area contributed by atoms with Crippen LogP contribution in [0.25, 0.3) is 0 Å². The third kappa shape index (κ3) is 4.89. The molecule has 0 bridgehead atoms. The van der Waals surface area contributed by atoms with Gasteiger partial charge in [-0.2, -0.15) is 0 Å². The number of nitrogens with zero attached hydrogens (tertiary/aromatic N) is 2. The van der Waals surface area contributed by atoms with Crippen LogP contribution in [0.3, 0.4) is 0 Å². The molecule has 2 heterocycles. The van der Waals surface area contributed by atoms with Crippen LogP contribution in [0, 0.1) is 5.92 Å². The van der Waals surface area contributed by atoms with Crippen molar-refractivity contribution in [2.75, 3.05) is 33.4 Å². The Labute approximate surface area is 141 Å². The van der Waals surface area contributed by atoms with Crippen molar-refractivity contribution < 1.29 is 9.53 Å². The number of nitrogens with one attached hydrogen (secondary N) is 2. The fourth-order valence-corrected chi connectivity index (χ4v) is 3.94. The van der Waals surface area contributed by atoms with Gasteiger partial charge in [0.1, 0.15) is 5.01 Å². The second-order valence-corrected chi connectivity index (χ2v) is 7.36. The first-order chi connectivity index (χ1) is 11.3. The molecule has 1 aromatic rings. The molecule has 1 aliphatic heterocycles. The Bertz CT molecular complexity index is 492. The average molecular weight is 338 g/mol. The summed E-state index contributed by atoms with van der Waals surface area (Å²) in [5.74, 6) is 0.552. The number of amides is 2. The van der Waals surface area contributed by atoms with Crippen LogP contribution < -0.4 is 10.6 Å². The number of rotatable bonds is 7. The number of thiazole rings is 1. The van der Waals surface area contributed by atoms with Crippen molar-refractivity contribution in [2.45, 2.75) is 37.8 Å². The Morgan fingerprint density at radius 2 is 2.39 bits per heavy atom. The zero-order valence-corrected chi connectivity index (χ0v) is 14.5. The van der Waals surface area contributed by atoms with Crippen LogP contribution in [0.5, 0.6) is 0 Å². The minimum absolute atomic E-state index is 0.0595. The monoisotopic (exact) mass is 338 g/mol. The normalized spacial score (nSPS) is 23.4. The summed E-state index contributed by atoms with van der Waals surface area (Å²) in [6, 6.07) is 0.232. The third-order valence-electron chi connectivity index (χ3n) is 4.55. The third-order valence-corrected chi connectivity index (χ3v) is 5.41. The van der Waals surface area contributed by atoms with Crippen LogP contribution in [-0.2, 0) is 4.74 Å². The number of hydrogen-bond donors (Lipinski definition) is 2. The lowest BCUT2D eigenvalue weighted by Gasteiger charge is -2.33. The zero-order chi connectivity index (χ0) is 16.1. The average Bonchev–Trinajstić information content (AvgIpc) is 3.25. The largest absolute Gasteiger partial charge is 0.383 e. The highest BCUT2D eigenvalue weighted by Crippen LogP contribution is 2.41. The van der Waals surface area contributed by atoms with Crippen LogP contribution in [0.1, 0.15) is 36.7 Å². The number of piperidine rings is 1. The van der Waals surface area contributed by atoms with Gasteiger partial charge >= 0.3 is 6.03 Å². The molecule has 1 saturated carbocycles. The van der Waals surface area contributed by atoms with Gasteiger partial charge in [-0.15, -0.1) is 11.3 Å². The molecule has 6 nitrogen and oxygen atoms in total. The summed E-state index contributed by atoms with van der Waals surface area (Å²) in [6.07, 6.45) is 6.33. The van der Waals surface area contributed by atoms with E-state index in [2.05, 4.69) is 20.5 Å².